The number of carbonyl (C=O) groups is 2. The van der Waals surface area contributed by atoms with E-state index in [0.29, 0.717) is 33.4 Å². The second-order valence-corrected chi connectivity index (χ2v) is 7.97. The molecule has 0 spiro atoms. The van der Waals surface area contributed by atoms with Gasteiger partial charge >= 0.3 is 0 Å². The van der Waals surface area contributed by atoms with Crippen molar-refractivity contribution in [1.82, 2.24) is 0 Å². The summed E-state index contributed by atoms with van der Waals surface area (Å²) in [6.45, 7) is 0. The van der Waals surface area contributed by atoms with Crippen molar-refractivity contribution in [3.05, 3.63) is 39.3 Å². The van der Waals surface area contributed by atoms with E-state index in [1.807, 2.05) is 6.07 Å². The number of ether oxygens (including phenoxy) is 3. The predicted molar refractivity (Wildman–Crippen MR) is 118 cm³/mol. The van der Waals surface area contributed by atoms with E-state index in [1.165, 1.54) is 38.7 Å². The molecule has 0 atom stereocenters. The summed E-state index contributed by atoms with van der Waals surface area (Å²) < 4.78 is 15.9. The molecule has 1 aromatic heterocycles. The summed E-state index contributed by atoms with van der Waals surface area (Å²) in [6, 6.07) is 5.17. The Bertz CT molecular complexity index is 1070. The monoisotopic (exact) mass is 441 g/mol. The van der Waals surface area contributed by atoms with Gasteiger partial charge in [0.05, 0.1) is 26.9 Å². The second-order valence-electron chi connectivity index (χ2n) is 6.86. The van der Waals surface area contributed by atoms with Crippen molar-refractivity contribution >= 4 is 34.2 Å². The van der Waals surface area contributed by atoms with Gasteiger partial charge in [-0.2, -0.15) is 5.26 Å². The van der Waals surface area contributed by atoms with Crippen LogP contribution in [0.4, 0.5) is 5.00 Å². The first-order chi connectivity index (χ1) is 14.9. The third-order valence-corrected chi connectivity index (χ3v) is 6.22. The van der Waals surface area contributed by atoms with Gasteiger partial charge in [0.1, 0.15) is 16.6 Å². The number of hydrogen-bond acceptors (Lipinski definition) is 7. The van der Waals surface area contributed by atoms with Crippen LogP contribution in [0.2, 0.25) is 0 Å². The Hall–Kier alpha value is -3.51. The zero-order chi connectivity index (χ0) is 22.5. The number of hydrogen-bond donors (Lipinski definition) is 2. The fraction of sp³-hybridized carbons (Fsp3) is 0.318. The molecule has 0 fully saturated rings. The molecule has 0 unspecified atom stereocenters. The average Bonchev–Trinajstić information content (AvgIpc) is 3.14. The van der Waals surface area contributed by atoms with Crippen molar-refractivity contribution in [2.75, 3.05) is 26.6 Å². The largest absolute Gasteiger partial charge is 0.493 e. The minimum absolute atomic E-state index is 0.143. The number of methoxy groups -OCH3 is 3. The molecule has 9 heteroatoms. The zero-order valence-corrected chi connectivity index (χ0v) is 18.4. The van der Waals surface area contributed by atoms with Crippen LogP contribution in [-0.2, 0) is 17.6 Å². The molecule has 3 rings (SSSR count). The highest BCUT2D eigenvalue weighted by Gasteiger charge is 2.25. The van der Waals surface area contributed by atoms with Gasteiger partial charge in [0, 0.05) is 4.88 Å². The maximum atomic E-state index is 12.8. The van der Waals surface area contributed by atoms with E-state index in [0.717, 1.165) is 36.1 Å². The Morgan fingerprint density at radius 3 is 2.32 bits per heavy atom. The van der Waals surface area contributed by atoms with E-state index < -0.39 is 11.8 Å². The Balaban J connectivity index is 1.95. The second kappa shape index (κ2) is 9.53. The molecule has 3 N–H and O–H groups in total. The molecular formula is C22H23N3O5S. The Labute approximate surface area is 184 Å². The lowest BCUT2D eigenvalue weighted by Crippen LogP contribution is -2.19. The molecule has 162 valence electrons. The van der Waals surface area contributed by atoms with Crippen LogP contribution in [0.3, 0.4) is 0 Å². The van der Waals surface area contributed by atoms with Gasteiger partial charge in [-0.15, -0.1) is 11.3 Å². The van der Waals surface area contributed by atoms with Crippen molar-refractivity contribution in [3.63, 3.8) is 0 Å². The molecule has 1 heterocycles. The molecule has 1 aliphatic rings. The number of nitriles is 1. The summed E-state index contributed by atoms with van der Waals surface area (Å²) in [5.74, 6) is -0.0139. The standard InChI is InChI=1S/C22H23N3O5S/c1-28-15-9-12(10-16(29-2)19(15)30-3)8-13(11-23)21(27)25-22-18(20(24)26)14-6-4-5-7-17(14)31-22/h8-10H,4-7H2,1-3H3,(H2,24,26)(H,25,27). The topological polar surface area (TPSA) is 124 Å². The van der Waals surface area contributed by atoms with E-state index >= 15 is 0 Å². The molecule has 8 nitrogen and oxygen atoms in total. The average molecular weight is 442 g/mol. The minimum atomic E-state index is -0.627. The molecule has 0 bridgehead atoms. The highest BCUT2D eigenvalue weighted by atomic mass is 32.1. The first kappa shape index (κ1) is 22.2. The van der Waals surface area contributed by atoms with Crippen LogP contribution in [0.5, 0.6) is 17.2 Å². The number of nitrogens with zero attached hydrogens (tertiary/aromatic N) is 1. The molecule has 0 saturated carbocycles. The maximum absolute atomic E-state index is 12.8. The lowest BCUT2D eigenvalue weighted by atomic mass is 9.95. The van der Waals surface area contributed by atoms with Gasteiger partial charge < -0.3 is 25.3 Å². The van der Waals surface area contributed by atoms with Gasteiger partial charge in [-0.05, 0) is 55.0 Å². The van der Waals surface area contributed by atoms with E-state index in [2.05, 4.69) is 5.32 Å². The van der Waals surface area contributed by atoms with Crippen LogP contribution in [0.15, 0.2) is 17.7 Å². The van der Waals surface area contributed by atoms with Gasteiger partial charge in [-0.25, -0.2) is 0 Å². The highest BCUT2D eigenvalue weighted by Crippen LogP contribution is 2.40. The quantitative estimate of drug-likeness (QED) is 0.502. The van der Waals surface area contributed by atoms with E-state index in [4.69, 9.17) is 19.9 Å². The number of aryl methyl sites for hydroxylation is 1. The van der Waals surface area contributed by atoms with Crippen LogP contribution in [-0.4, -0.2) is 33.1 Å². The summed E-state index contributed by atoms with van der Waals surface area (Å²) in [5, 5.41) is 12.7. The summed E-state index contributed by atoms with van der Waals surface area (Å²) in [7, 11) is 4.44. The number of anilines is 1. The van der Waals surface area contributed by atoms with Gasteiger partial charge in [-0.3, -0.25) is 9.59 Å². The van der Waals surface area contributed by atoms with Gasteiger partial charge in [0.2, 0.25) is 5.75 Å². The first-order valence-electron chi connectivity index (χ1n) is 9.61. The van der Waals surface area contributed by atoms with Gasteiger partial charge in [-0.1, -0.05) is 0 Å². The van der Waals surface area contributed by atoms with Gasteiger partial charge in [0.25, 0.3) is 11.8 Å². The number of carbonyl (C=O) groups excluding carboxylic acids is 2. The predicted octanol–water partition coefficient (Wildman–Crippen LogP) is 3.30. The number of primary amides is 1. The first-order valence-corrected chi connectivity index (χ1v) is 10.4. The molecule has 31 heavy (non-hydrogen) atoms. The number of nitrogens with two attached hydrogens (primary N) is 1. The number of benzene rings is 1. The molecule has 1 aliphatic carbocycles. The molecule has 2 aromatic rings. The summed E-state index contributed by atoms with van der Waals surface area (Å²) in [5.41, 5.74) is 7.21. The molecule has 2 amide bonds. The zero-order valence-electron chi connectivity index (χ0n) is 17.5. The van der Waals surface area contributed by atoms with Crippen molar-refractivity contribution in [2.45, 2.75) is 25.7 Å². The van der Waals surface area contributed by atoms with Crippen LogP contribution in [0.1, 0.15) is 39.2 Å². The smallest absolute Gasteiger partial charge is 0.266 e. The number of fused-ring (bicyclic) bond motifs is 1. The Morgan fingerprint density at radius 1 is 1.13 bits per heavy atom. The third kappa shape index (κ3) is 4.49. The third-order valence-electron chi connectivity index (χ3n) is 5.01. The maximum Gasteiger partial charge on any atom is 0.266 e. The van der Waals surface area contributed by atoms with E-state index in [-0.39, 0.29) is 5.57 Å². The summed E-state index contributed by atoms with van der Waals surface area (Å²) >= 11 is 1.34. The lowest BCUT2D eigenvalue weighted by Gasteiger charge is -2.13. The van der Waals surface area contributed by atoms with E-state index in [9.17, 15) is 14.9 Å². The normalized spacial score (nSPS) is 13.0. The molecule has 0 aliphatic heterocycles. The van der Waals surface area contributed by atoms with E-state index in [1.54, 1.807) is 12.1 Å². The Morgan fingerprint density at radius 2 is 1.77 bits per heavy atom. The van der Waals surface area contributed by atoms with Crippen LogP contribution in [0, 0.1) is 11.3 Å². The van der Waals surface area contributed by atoms with Crippen molar-refractivity contribution in [1.29, 1.82) is 5.26 Å². The lowest BCUT2D eigenvalue weighted by molar-refractivity contribution is -0.112. The number of nitrogens with one attached hydrogen (secondary N) is 1. The minimum Gasteiger partial charge on any atom is -0.493 e. The molecule has 0 saturated heterocycles. The van der Waals surface area contributed by atoms with Crippen LogP contribution in [0.25, 0.3) is 6.08 Å². The SMILES string of the molecule is COc1cc(C=C(C#N)C(=O)Nc2sc3c(c2C(N)=O)CCCC3)cc(OC)c1OC. The van der Waals surface area contributed by atoms with Crippen LogP contribution < -0.4 is 25.3 Å². The molecule has 0 radical (unpaired) electrons. The fourth-order valence-corrected chi connectivity index (χ4v) is 4.87. The molecule has 1 aromatic carbocycles. The number of thiophene rings is 1. The number of rotatable bonds is 7. The molecular weight excluding hydrogens is 418 g/mol. The van der Waals surface area contributed by atoms with Crippen molar-refractivity contribution in [3.8, 4) is 23.3 Å². The Kier molecular flexibility index (Phi) is 6.82. The number of amides is 2. The fourth-order valence-electron chi connectivity index (χ4n) is 3.59. The summed E-state index contributed by atoms with van der Waals surface area (Å²) in [4.78, 5) is 25.9. The highest BCUT2D eigenvalue weighted by molar-refractivity contribution is 7.17. The van der Waals surface area contributed by atoms with Crippen molar-refractivity contribution in [2.24, 2.45) is 5.73 Å². The van der Waals surface area contributed by atoms with Gasteiger partial charge in [0.15, 0.2) is 11.5 Å². The summed E-state index contributed by atoms with van der Waals surface area (Å²) in [6.07, 6.45) is 5.03. The van der Waals surface area contributed by atoms with Crippen molar-refractivity contribution < 1.29 is 23.8 Å². The van der Waals surface area contributed by atoms with Crippen LogP contribution >= 0.6 is 11.3 Å².